The summed E-state index contributed by atoms with van der Waals surface area (Å²) >= 11 is 12.1. The van der Waals surface area contributed by atoms with Crippen molar-refractivity contribution in [3.63, 3.8) is 0 Å². The summed E-state index contributed by atoms with van der Waals surface area (Å²) < 4.78 is 5.98. The van der Waals surface area contributed by atoms with E-state index in [1.807, 2.05) is 48.5 Å². The van der Waals surface area contributed by atoms with Gasteiger partial charge in [0, 0.05) is 23.6 Å². The number of benzene rings is 3. The first-order chi connectivity index (χ1) is 12.2. The highest BCUT2D eigenvalue weighted by atomic mass is 35.5. The molecule has 0 atom stereocenters. The first-order valence-electron chi connectivity index (χ1n) is 8.16. The normalized spacial score (nSPS) is 10.5. The van der Waals surface area contributed by atoms with Crippen molar-refractivity contribution in [2.45, 2.75) is 13.0 Å². The Bertz CT molecular complexity index is 821. The van der Waals surface area contributed by atoms with Crippen molar-refractivity contribution in [3.05, 3.63) is 94.0 Å². The predicted molar refractivity (Wildman–Crippen MR) is 106 cm³/mol. The molecule has 0 bridgehead atoms. The van der Waals surface area contributed by atoms with Crippen molar-refractivity contribution < 1.29 is 4.74 Å². The van der Waals surface area contributed by atoms with Gasteiger partial charge in [-0.1, -0.05) is 71.7 Å². The van der Waals surface area contributed by atoms with Crippen molar-refractivity contribution in [3.8, 4) is 5.75 Å². The second-order valence-electron chi connectivity index (χ2n) is 5.67. The number of ether oxygens (including phenoxy) is 1. The van der Waals surface area contributed by atoms with Gasteiger partial charge in [-0.25, -0.2) is 0 Å². The highest BCUT2D eigenvalue weighted by molar-refractivity contribution is 6.36. The minimum absolute atomic E-state index is 0.606. The molecule has 0 aromatic heterocycles. The third-order valence-corrected chi connectivity index (χ3v) is 4.41. The van der Waals surface area contributed by atoms with Gasteiger partial charge in [-0.15, -0.1) is 0 Å². The van der Waals surface area contributed by atoms with Crippen LogP contribution in [0.5, 0.6) is 5.75 Å². The SMILES string of the molecule is Clc1ccc(NCc2ccccc2OCCc2ccccc2)c(Cl)c1. The number of hydrogen-bond donors (Lipinski definition) is 1. The molecule has 3 aromatic carbocycles. The fraction of sp³-hybridized carbons (Fsp3) is 0.143. The van der Waals surface area contributed by atoms with Gasteiger partial charge in [0.2, 0.25) is 0 Å². The molecule has 3 rings (SSSR count). The fourth-order valence-corrected chi connectivity index (χ4v) is 3.01. The van der Waals surface area contributed by atoms with E-state index in [9.17, 15) is 0 Å². The molecule has 0 radical (unpaired) electrons. The molecule has 0 aliphatic carbocycles. The predicted octanol–water partition coefficient (Wildman–Crippen LogP) is 6.23. The second kappa shape index (κ2) is 8.80. The summed E-state index contributed by atoms with van der Waals surface area (Å²) in [7, 11) is 0. The summed E-state index contributed by atoms with van der Waals surface area (Å²) in [5.41, 5.74) is 3.21. The van der Waals surface area contributed by atoms with Crippen LogP contribution in [0.1, 0.15) is 11.1 Å². The summed E-state index contributed by atoms with van der Waals surface area (Å²) in [6, 6.07) is 23.8. The van der Waals surface area contributed by atoms with Gasteiger partial charge >= 0.3 is 0 Å². The minimum atomic E-state index is 0.606. The number of para-hydroxylation sites is 1. The molecule has 2 nitrogen and oxygen atoms in total. The third-order valence-electron chi connectivity index (χ3n) is 3.86. The molecule has 0 fully saturated rings. The van der Waals surface area contributed by atoms with E-state index in [0.717, 1.165) is 23.4 Å². The van der Waals surface area contributed by atoms with Crippen molar-refractivity contribution >= 4 is 28.9 Å². The van der Waals surface area contributed by atoms with E-state index < -0.39 is 0 Å². The molecule has 25 heavy (non-hydrogen) atoms. The summed E-state index contributed by atoms with van der Waals surface area (Å²) in [5, 5.41) is 4.57. The van der Waals surface area contributed by atoms with E-state index in [4.69, 9.17) is 27.9 Å². The molecule has 0 heterocycles. The van der Waals surface area contributed by atoms with Crippen molar-refractivity contribution in [1.29, 1.82) is 0 Å². The van der Waals surface area contributed by atoms with Crippen LogP contribution in [0.4, 0.5) is 5.69 Å². The molecule has 0 saturated heterocycles. The quantitative estimate of drug-likeness (QED) is 0.531. The van der Waals surface area contributed by atoms with Crippen LogP contribution >= 0.6 is 23.2 Å². The smallest absolute Gasteiger partial charge is 0.124 e. The third kappa shape index (κ3) is 5.15. The monoisotopic (exact) mass is 371 g/mol. The Kier molecular flexibility index (Phi) is 6.21. The largest absolute Gasteiger partial charge is 0.493 e. The van der Waals surface area contributed by atoms with Gasteiger partial charge in [-0.05, 0) is 29.8 Å². The summed E-state index contributed by atoms with van der Waals surface area (Å²) in [4.78, 5) is 0. The minimum Gasteiger partial charge on any atom is -0.493 e. The van der Waals surface area contributed by atoms with E-state index in [2.05, 4.69) is 23.5 Å². The molecular formula is C21H19Cl2NO. The molecule has 4 heteroatoms. The maximum absolute atomic E-state index is 6.21. The topological polar surface area (TPSA) is 21.3 Å². The van der Waals surface area contributed by atoms with E-state index in [-0.39, 0.29) is 0 Å². The number of anilines is 1. The van der Waals surface area contributed by atoms with E-state index in [1.54, 1.807) is 6.07 Å². The van der Waals surface area contributed by atoms with Gasteiger partial charge in [-0.2, -0.15) is 0 Å². The Morgan fingerprint density at radius 3 is 2.40 bits per heavy atom. The molecule has 0 saturated carbocycles. The summed E-state index contributed by atoms with van der Waals surface area (Å²) in [6.45, 7) is 1.27. The zero-order valence-corrected chi connectivity index (χ0v) is 15.2. The fourth-order valence-electron chi connectivity index (χ4n) is 2.54. The van der Waals surface area contributed by atoms with Gasteiger partial charge in [-0.3, -0.25) is 0 Å². The average molecular weight is 372 g/mol. The molecule has 128 valence electrons. The Balaban J connectivity index is 1.60. The first-order valence-corrected chi connectivity index (χ1v) is 8.91. The molecule has 1 N–H and O–H groups in total. The van der Waals surface area contributed by atoms with Crippen LogP contribution in [0, 0.1) is 0 Å². The zero-order chi connectivity index (χ0) is 17.5. The van der Waals surface area contributed by atoms with E-state index in [1.165, 1.54) is 5.56 Å². The molecule has 3 aromatic rings. The maximum Gasteiger partial charge on any atom is 0.124 e. The second-order valence-corrected chi connectivity index (χ2v) is 6.51. The summed E-state index contributed by atoms with van der Waals surface area (Å²) in [5.74, 6) is 0.885. The molecule has 0 amide bonds. The van der Waals surface area contributed by atoms with E-state index >= 15 is 0 Å². The zero-order valence-electron chi connectivity index (χ0n) is 13.7. The Morgan fingerprint density at radius 2 is 1.60 bits per heavy atom. The number of rotatable bonds is 7. The number of hydrogen-bond acceptors (Lipinski definition) is 2. The van der Waals surface area contributed by atoms with Crippen LogP contribution in [-0.4, -0.2) is 6.61 Å². The Hall–Kier alpha value is -2.16. The van der Waals surface area contributed by atoms with E-state index in [0.29, 0.717) is 23.2 Å². The molecule has 0 unspecified atom stereocenters. The van der Waals surface area contributed by atoms with Gasteiger partial charge < -0.3 is 10.1 Å². The van der Waals surface area contributed by atoms with Crippen LogP contribution in [0.2, 0.25) is 10.0 Å². The standard InChI is InChI=1S/C21H19Cl2NO/c22-18-10-11-20(19(23)14-18)24-15-17-8-4-5-9-21(17)25-13-12-16-6-2-1-3-7-16/h1-11,14,24H,12-13,15H2. The van der Waals surface area contributed by atoms with Crippen molar-refractivity contribution in [2.24, 2.45) is 0 Å². The number of nitrogens with one attached hydrogen (secondary N) is 1. The van der Waals surface area contributed by atoms with Crippen LogP contribution in [0.25, 0.3) is 0 Å². The lowest BCUT2D eigenvalue weighted by Gasteiger charge is -2.13. The summed E-state index contributed by atoms with van der Waals surface area (Å²) in [6.07, 6.45) is 0.881. The van der Waals surface area contributed by atoms with Gasteiger partial charge in [0.05, 0.1) is 17.3 Å². The highest BCUT2D eigenvalue weighted by Crippen LogP contribution is 2.27. The Labute approximate surface area is 158 Å². The van der Waals surface area contributed by atoms with Crippen LogP contribution in [0.3, 0.4) is 0 Å². The Morgan fingerprint density at radius 1 is 0.840 bits per heavy atom. The van der Waals surface area contributed by atoms with Crippen LogP contribution in [-0.2, 0) is 13.0 Å². The van der Waals surface area contributed by atoms with Crippen molar-refractivity contribution in [2.75, 3.05) is 11.9 Å². The molecule has 0 aliphatic heterocycles. The highest BCUT2D eigenvalue weighted by Gasteiger charge is 2.05. The van der Waals surface area contributed by atoms with Gasteiger partial charge in [0.15, 0.2) is 0 Å². The van der Waals surface area contributed by atoms with Crippen molar-refractivity contribution in [1.82, 2.24) is 0 Å². The van der Waals surface area contributed by atoms with Gasteiger partial charge in [0.1, 0.15) is 5.75 Å². The molecule has 0 aliphatic rings. The molecule has 0 spiro atoms. The first kappa shape index (κ1) is 17.7. The van der Waals surface area contributed by atoms with Gasteiger partial charge in [0.25, 0.3) is 0 Å². The number of halogens is 2. The maximum atomic E-state index is 6.21. The lowest BCUT2D eigenvalue weighted by Crippen LogP contribution is -2.06. The van der Waals surface area contributed by atoms with Crippen LogP contribution < -0.4 is 10.1 Å². The molecular weight excluding hydrogens is 353 g/mol. The lowest BCUT2D eigenvalue weighted by atomic mass is 10.1. The average Bonchev–Trinajstić information content (AvgIpc) is 2.63. The van der Waals surface area contributed by atoms with Crippen LogP contribution in [0.15, 0.2) is 72.8 Å². The lowest BCUT2D eigenvalue weighted by molar-refractivity contribution is 0.319.